The molecule has 0 radical (unpaired) electrons. The number of nitrogens with one attached hydrogen (secondary N) is 1. The second-order valence-electron chi connectivity index (χ2n) is 6.97. The fourth-order valence-corrected chi connectivity index (χ4v) is 4.88. The van der Waals surface area contributed by atoms with Gasteiger partial charge in [0.2, 0.25) is 0 Å². The average Bonchev–Trinajstić information content (AvgIpc) is 2.78. The van der Waals surface area contributed by atoms with Crippen LogP contribution in [0.3, 0.4) is 0 Å². The van der Waals surface area contributed by atoms with Crippen molar-refractivity contribution < 1.29 is 4.39 Å². The lowest BCUT2D eigenvalue weighted by Gasteiger charge is -2.37. The van der Waals surface area contributed by atoms with Crippen LogP contribution in [-0.2, 0) is 6.54 Å². The second kappa shape index (κ2) is 9.74. The Morgan fingerprint density at radius 2 is 1.97 bits per heavy atom. The summed E-state index contributed by atoms with van der Waals surface area (Å²) in [5, 5.41) is 9.16. The van der Waals surface area contributed by atoms with Crippen LogP contribution in [0.4, 0.5) is 10.1 Å². The molecule has 1 atom stereocenters. The first-order valence-corrected chi connectivity index (χ1v) is 10.8. The van der Waals surface area contributed by atoms with Gasteiger partial charge in [0.15, 0.2) is 0 Å². The van der Waals surface area contributed by atoms with Gasteiger partial charge in [-0.1, -0.05) is 36.9 Å². The predicted octanol–water partition coefficient (Wildman–Crippen LogP) is 3.67. The lowest BCUT2D eigenvalue weighted by Crippen LogP contribution is -2.37. The molecule has 8 heteroatoms. The van der Waals surface area contributed by atoms with Crippen molar-refractivity contribution >= 4 is 34.8 Å². The van der Waals surface area contributed by atoms with Gasteiger partial charge in [-0.25, -0.2) is 14.0 Å². The van der Waals surface area contributed by atoms with Crippen LogP contribution in [0.15, 0.2) is 55.1 Å². The maximum absolute atomic E-state index is 14.8. The number of nitrogens with zero attached hydrogens (tertiary/aromatic N) is 3. The smallest absolute Gasteiger partial charge is 0.270 e. The molecule has 0 aliphatic carbocycles. The summed E-state index contributed by atoms with van der Waals surface area (Å²) in [6, 6.07) is 14.9. The molecule has 0 bridgehead atoms. The molecule has 1 heterocycles. The Labute approximate surface area is 174 Å². The lowest BCUT2D eigenvalue weighted by atomic mass is 9.45. The van der Waals surface area contributed by atoms with Crippen molar-refractivity contribution in [2.75, 3.05) is 17.4 Å². The van der Waals surface area contributed by atoms with E-state index in [4.69, 9.17) is 11.1 Å². The zero-order valence-electron chi connectivity index (χ0n) is 16.4. The standard InChI is InChI=1S/C21H25BFN5S/c1-17(26-25)18-8-9-19(21(23)14-18)15-28(20-6-4-3-5-7-20)29(2)27-12-10-22(16-24)11-13-27/h3-9,14,26H,1-2,10-13,15,25H2. The van der Waals surface area contributed by atoms with Crippen LogP contribution < -0.4 is 15.6 Å². The van der Waals surface area contributed by atoms with Crippen LogP contribution in [0.1, 0.15) is 11.1 Å². The summed E-state index contributed by atoms with van der Waals surface area (Å²) in [5.74, 6) is 11.8. The zero-order valence-corrected chi connectivity index (χ0v) is 17.2. The summed E-state index contributed by atoms with van der Waals surface area (Å²) in [6.07, 6.45) is 1.69. The summed E-state index contributed by atoms with van der Waals surface area (Å²) in [5.41, 5.74) is 5.11. The molecule has 1 aliphatic heterocycles. The van der Waals surface area contributed by atoms with Crippen molar-refractivity contribution in [1.29, 1.82) is 5.26 Å². The Morgan fingerprint density at radius 3 is 2.55 bits per heavy atom. The topological polar surface area (TPSA) is 68.3 Å². The van der Waals surface area contributed by atoms with Crippen LogP contribution in [0.2, 0.25) is 12.6 Å². The first kappa shape index (κ1) is 21.1. The van der Waals surface area contributed by atoms with Crippen molar-refractivity contribution in [3.05, 3.63) is 72.1 Å². The van der Waals surface area contributed by atoms with Gasteiger partial charge in [0.1, 0.15) is 5.82 Å². The van der Waals surface area contributed by atoms with Crippen molar-refractivity contribution in [3.8, 4) is 5.97 Å². The largest absolute Gasteiger partial charge is 0.324 e. The number of rotatable bonds is 7. The van der Waals surface area contributed by atoms with E-state index < -0.39 is 10.9 Å². The van der Waals surface area contributed by atoms with Gasteiger partial charge < -0.3 is 9.73 Å². The summed E-state index contributed by atoms with van der Waals surface area (Å²) in [6.45, 7) is 5.91. The molecule has 0 spiro atoms. The highest BCUT2D eigenvalue weighted by Crippen LogP contribution is 2.34. The third kappa shape index (κ3) is 5.07. The van der Waals surface area contributed by atoms with E-state index in [1.807, 2.05) is 36.4 Å². The fourth-order valence-electron chi connectivity index (χ4n) is 3.32. The maximum atomic E-state index is 14.8. The SMILES string of the molecule is C=C(NN)c1ccc(CN(c2ccccc2)S(=C)N2CCB(C#N)CC2)c(F)c1. The van der Waals surface area contributed by atoms with Gasteiger partial charge in [-0.2, -0.15) is 0 Å². The maximum Gasteiger partial charge on any atom is 0.270 e. The molecule has 1 aliphatic rings. The number of nitrogens with two attached hydrogens (primary N) is 1. The fraction of sp³-hybridized carbons (Fsp3) is 0.238. The van der Waals surface area contributed by atoms with Crippen molar-refractivity contribution in [2.24, 2.45) is 5.84 Å². The number of hydrazine groups is 1. The van der Waals surface area contributed by atoms with E-state index in [1.165, 1.54) is 6.07 Å². The van der Waals surface area contributed by atoms with Gasteiger partial charge in [0.25, 0.3) is 6.71 Å². The Hall–Kier alpha value is -2.60. The number of para-hydroxylation sites is 1. The first-order chi connectivity index (χ1) is 14.0. The number of benzene rings is 2. The Kier molecular flexibility index (Phi) is 7.10. The van der Waals surface area contributed by atoms with E-state index in [0.717, 1.165) is 31.4 Å². The summed E-state index contributed by atoms with van der Waals surface area (Å²) < 4.78 is 19.2. The molecule has 2 aromatic rings. The molecule has 1 saturated heterocycles. The number of anilines is 1. The summed E-state index contributed by atoms with van der Waals surface area (Å²) in [7, 11) is -0.496. The molecule has 1 fully saturated rings. The van der Waals surface area contributed by atoms with Gasteiger partial charge in [-0.3, -0.25) is 5.84 Å². The monoisotopic (exact) mass is 409 g/mol. The predicted molar refractivity (Wildman–Crippen MR) is 123 cm³/mol. The molecule has 150 valence electrons. The normalized spacial score (nSPS) is 15.4. The van der Waals surface area contributed by atoms with Crippen LogP contribution in [0.5, 0.6) is 0 Å². The van der Waals surface area contributed by atoms with Gasteiger partial charge >= 0.3 is 0 Å². The van der Waals surface area contributed by atoms with Crippen molar-refractivity contribution in [2.45, 2.75) is 19.2 Å². The Balaban J connectivity index is 1.85. The number of halogens is 1. The van der Waals surface area contributed by atoms with Crippen molar-refractivity contribution in [3.63, 3.8) is 0 Å². The molecule has 3 N–H and O–H groups in total. The number of hydrogen-bond acceptors (Lipinski definition) is 5. The third-order valence-electron chi connectivity index (χ3n) is 5.12. The minimum atomic E-state index is -0.496. The molecular weight excluding hydrogens is 384 g/mol. The summed E-state index contributed by atoms with van der Waals surface area (Å²) in [4.78, 5) is 0. The zero-order chi connectivity index (χ0) is 20.8. The third-order valence-corrected chi connectivity index (χ3v) is 6.93. The quantitative estimate of drug-likeness (QED) is 0.316. The molecule has 3 rings (SSSR count). The van der Waals surface area contributed by atoms with Crippen LogP contribution in [-0.4, -0.2) is 30.0 Å². The van der Waals surface area contributed by atoms with Gasteiger partial charge in [-0.15, -0.1) is 0 Å². The van der Waals surface area contributed by atoms with E-state index in [0.29, 0.717) is 23.4 Å². The van der Waals surface area contributed by atoms with Crippen LogP contribution >= 0.6 is 10.9 Å². The molecule has 2 aromatic carbocycles. The van der Waals surface area contributed by atoms with Gasteiger partial charge in [0.05, 0.1) is 6.54 Å². The summed E-state index contributed by atoms with van der Waals surface area (Å²) >= 11 is 0. The highest BCUT2D eigenvalue weighted by molar-refractivity contribution is 8.13. The van der Waals surface area contributed by atoms with Gasteiger partial charge in [-0.05, 0) is 47.6 Å². The molecular formula is C21H25BFN5S. The molecule has 0 saturated carbocycles. The van der Waals surface area contributed by atoms with E-state index in [1.54, 1.807) is 6.07 Å². The number of nitriles is 1. The van der Waals surface area contributed by atoms with E-state index in [9.17, 15) is 4.39 Å². The van der Waals surface area contributed by atoms with Gasteiger partial charge in [0, 0.05) is 41.6 Å². The minimum absolute atomic E-state index is 0.114. The lowest BCUT2D eigenvalue weighted by molar-refractivity contribution is 0.500. The highest BCUT2D eigenvalue weighted by atomic mass is 32.2. The van der Waals surface area contributed by atoms with Crippen LogP contribution in [0, 0.1) is 17.0 Å². The van der Waals surface area contributed by atoms with Crippen LogP contribution in [0.25, 0.3) is 5.70 Å². The molecule has 0 aromatic heterocycles. The molecule has 0 amide bonds. The first-order valence-electron chi connectivity index (χ1n) is 9.49. The van der Waals surface area contributed by atoms with E-state index in [-0.39, 0.29) is 12.5 Å². The molecule has 5 nitrogen and oxygen atoms in total. The molecule has 29 heavy (non-hydrogen) atoms. The highest BCUT2D eigenvalue weighted by Gasteiger charge is 2.26. The Bertz CT molecular complexity index is 922. The Morgan fingerprint density at radius 1 is 1.28 bits per heavy atom. The number of hydrogen-bond donors (Lipinski definition) is 2. The second-order valence-corrected chi connectivity index (χ2v) is 8.61. The van der Waals surface area contributed by atoms with E-state index >= 15 is 0 Å². The average molecular weight is 409 g/mol. The van der Waals surface area contributed by atoms with E-state index in [2.05, 4.69) is 32.5 Å². The minimum Gasteiger partial charge on any atom is -0.324 e. The van der Waals surface area contributed by atoms with Crippen molar-refractivity contribution in [1.82, 2.24) is 9.73 Å². The molecule has 1 unspecified atom stereocenters.